The lowest BCUT2D eigenvalue weighted by atomic mass is 9.84. The highest BCUT2D eigenvalue weighted by atomic mass is 16.5. The molecule has 1 aliphatic heterocycles. The molecule has 0 aromatic heterocycles. The zero-order chi connectivity index (χ0) is 10.7. The Kier molecular flexibility index (Phi) is 3.59. The van der Waals surface area contributed by atoms with Crippen LogP contribution in [0.25, 0.3) is 0 Å². The highest BCUT2D eigenvalue weighted by molar-refractivity contribution is 5.78. The predicted molar refractivity (Wildman–Crippen MR) is 57.3 cm³/mol. The van der Waals surface area contributed by atoms with Crippen LogP contribution in [-0.2, 0) is 9.53 Å². The number of carbonyl (C=O) groups excluding carboxylic acids is 1. The number of rotatable bonds is 1. The molecule has 1 heterocycles. The van der Waals surface area contributed by atoms with E-state index in [4.69, 9.17) is 10.5 Å². The molecule has 2 N–H and O–H groups in total. The van der Waals surface area contributed by atoms with Gasteiger partial charge in [-0.25, -0.2) is 0 Å². The van der Waals surface area contributed by atoms with Crippen molar-refractivity contribution in [1.82, 2.24) is 4.90 Å². The summed E-state index contributed by atoms with van der Waals surface area (Å²) in [5.74, 6) is 0.620. The lowest BCUT2D eigenvalue weighted by Crippen LogP contribution is -2.48. The van der Waals surface area contributed by atoms with Crippen molar-refractivity contribution in [1.29, 1.82) is 0 Å². The fourth-order valence-corrected chi connectivity index (χ4v) is 2.78. The van der Waals surface area contributed by atoms with Crippen LogP contribution >= 0.6 is 0 Å². The topological polar surface area (TPSA) is 55.6 Å². The van der Waals surface area contributed by atoms with Crippen LogP contribution in [0.2, 0.25) is 0 Å². The number of amides is 1. The van der Waals surface area contributed by atoms with Gasteiger partial charge in [-0.05, 0) is 12.8 Å². The van der Waals surface area contributed by atoms with Crippen LogP contribution in [0.5, 0.6) is 0 Å². The van der Waals surface area contributed by atoms with E-state index in [2.05, 4.69) is 0 Å². The van der Waals surface area contributed by atoms with Gasteiger partial charge in [0.25, 0.3) is 0 Å². The van der Waals surface area contributed by atoms with Crippen molar-refractivity contribution < 1.29 is 9.53 Å². The third kappa shape index (κ3) is 2.32. The molecule has 4 heteroatoms. The standard InChI is InChI=1S/C11H20N2O2/c12-7-11(14)13-5-6-15-8-9-3-1-2-4-10(9)13/h9-10H,1-8,12H2/t9-,10-/m0/s1. The van der Waals surface area contributed by atoms with Crippen LogP contribution in [0.15, 0.2) is 0 Å². The molecule has 2 atom stereocenters. The maximum Gasteiger partial charge on any atom is 0.236 e. The summed E-state index contributed by atoms with van der Waals surface area (Å²) in [6.45, 7) is 2.33. The maximum atomic E-state index is 11.7. The van der Waals surface area contributed by atoms with Crippen LogP contribution in [0.4, 0.5) is 0 Å². The number of carbonyl (C=O) groups is 1. The molecule has 15 heavy (non-hydrogen) atoms. The molecule has 1 saturated heterocycles. The number of nitrogens with two attached hydrogens (primary N) is 1. The highest BCUT2D eigenvalue weighted by Crippen LogP contribution is 2.30. The fourth-order valence-electron chi connectivity index (χ4n) is 2.78. The third-order valence-electron chi connectivity index (χ3n) is 3.57. The molecule has 2 fully saturated rings. The summed E-state index contributed by atoms with van der Waals surface area (Å²) >= 11 is 0. The van der Waals surface area contributed by atoms with Gasteiger partial charge in [-0.15, -0.1) is 0 Å². The number of nitrogens with zero attached hydrogens (tertiary/aromatic N) is 1. The third-order valence-corrected chi connectivity index (χ3v) is 3.57. The summed E-state index contributed by atoms with van der Waals surface area (Å²) in [5.41, 5.74) is 5.44. The monoisotopic (exact) mass is 212 g/mol. The van der Waals surface area contributed by atoms with Crippen molar-refractivity contribution >= 4 is 5.91 Å². The Morgan fingerprint density at radius 1 is 1.40 bits per heavy atom. The van der Waals surface area contributed by atoms with E-state index in [1.807, 2.05) is 4.90 Å². The molecule has 86 valence electrons. The quantitative estimate of drug-likeness (QED) is 0.683. The van der Waals surface area contributed by atoms with Gasteiger partial charge in [0, 0.05) is 18.5 Å². The molecule has 1 aliphatic carbocycles. The SMILES string of the molecule is NCC(=O)N1CCOC[C@@H]2CCCC[C@@H]21. The summed E-state index contributed by atoms with van der Waals surface area (Å²) in [4.78, 5) is 13.7. The normalized spacial score (nSPS) is 31.9. The van der Waals surface area contributed by atoms with Crippen LogP contribution in [0.3, 0.4) is 0 Å². The lowest BCUT2D eigenvalue weighted by molar-refractivity contribution is -0.133. The van der Waals surface area contributed by atoms with Crippen molar-refractivity contribution in [3.8, 4) is 0 Å². The molecule has 1 saturated carbocycles. The van der Waals surface area contributed by atoms with Crippen LogP contribution in [0, 0.1) is 5.92 Å². The largest absolute Gasteiger partial charge is 0.379 e. The van der Waals surface area contributed by atoms with Gasteiger partial charge < -0.3 is 15.4 Å². The van der Waals surface area contributed by atoms with Crippen LogP contribution < -0.4 is 5.73 Å². The minimum Gasteiger partial charge on any atom is -0.379 e. The van der Waals surface area contributed by atoms with Crippen molar-refractivity contribution in [3.63, 3.8) is 0 Å². The van der Waals surface area contributed by atoms with Gasteiger partial charge in [0.05, 0.1) is 19.8 Å². The molecule has 0 aromatic rings. The first-order valence-electron chi connectivity index (χ1n) is 5.90. The number of hydrogen-bond acceptors (Lipinski definition) is 3. The molecule has 0 bridgehead atoms. The molecule has 0 aromatic carbocycles. The van der Waals surface area contributed by atoms with Gasteiger partial charge in [0.2, 0.25) is 5.91 Å². The Morgan fingerprint density at radius 2 is 2.20 bits per heavy atom. The minimum absolute atomic E-state index is 0.0809. The van der Waals surface area contributed by atoms with Crippen molar-refractivity contribution in [2.45, 2.75) is 31.7 Å². The first kappa shape index (κ1) is 10.9. The summed E-state index contributed by atoms with van der Waals surface area (Å²) < 4.78 is 5.55. The molecule has 2 rings (SSSR count). The molecule has 0 radical (unpaired) electrons. The van der Waals surface area contributed by atoms with Gasteiger partial charge in [-0.2, -0.15) is 0 Å². The Morgan fingerprint density at radius 3 is 3.00 bits per heavy atom. The molecule has 1 amide bonds. The molecule has 0 unspecified atom stereocenters. The van der Waals surface area contributed by atoms with E-state index in [-0.39, 0.29) is 12.5 Å². The van der Waals surface area contributed by atoms with Crippen molar-refractivity contribution in [2.75, 3.05) is 26.3 Å². The van der Waals surface area contributed by atoms with E-state index < -0.39 is 0 Å². The van der Waals surface area contributed by atoms with Crippen LogP contribution in [0.1, 0.15) is 25.7 Å². The molecule has 4 nitrogen and oxygen atoms in total. The molecular weight excluding hydrogens is 192 g/mol. The van der Waals surface area contributed by atoms with E-state index in [1.165, 1.54) is 19.3 Å². The second kappa shape index (κ2) is 4.94. The zero-order valence-corrected chi connectivity index (χ0v) is 9.15. The van der Waals surface area contributed by atoms with E-state index in [1.54, 1.807) is 0 Å². The smallest absolute Gasteiger partial charge is 0.236 e. The fraction of sp³-hybridized carbons (Fsp3) is 0.909. The van der Waals surface area contributed by atoms with E-state index >= 15 is 0 Å². The first-order valence-corrected chi connectivity index (χ1v) is 5.90. The van der Waals surface area contributed by atoms with Crippen molar-refractivity contribution in [3.05, 3.63) is 0 Å². The van der Waals surface area contributed by atoms with E-state index in [0.717, 1.165) is 19.6 Å². The number of ether oxygens (including phenoxy) is 1. The van der Waals surface area contributed by atoms with Gasteiger partial charge in [-0.3, -0.25) is 4.79 Å². The van der Waals surface area contributed by atoms with Crippen LogP contribution in [-0.4, -0.2) is 43.2 Å². The van der Waals surface area contributed by atoms with E-state index in [9.17, 15) is 4.79 Å². The second-order valence-electron chi connectivity index (χ2n) is 4.48. The Balaban J connectivity index is 2.09. The van der Waals surface area contributed by atoms with Gasteiger partial charge in [0.15, 0.2) is 0 Å². The average molecular weight is 212 g/mol. The first-order chi connectivity index (χ1) is 7.33. The summed E-state index contributed by atoms with van der Waals surface area (Å²) in [6.07, 6.45) is 4.82. The Labute approximate surface area is 90.8 Å². The van der Waals surface area contributed by atoms with Gasteiger partial charge in [0.1, 0.15) is 0 Å². The summed E-state index contributed by atoms with van der Waals surface area (Å²) in [7, 11) is 0. The maximum absolute atomic E-state index is 11.7. The minimum atomic E-state index is 0.0809. The molecule has 0 spiro atoms. The number of hydrogen-bond donors (Lipinski definition) is 1. The summed E-state index contributed by atoms with van der Waals surface area (Å²) in [6, 6.07) is 0.386. The molecular formula is C11H20N2O2. The summed E-state index contributed by atoms with van der Waals surface area (Å²) in [5, 5.41) is 0. The van der Waals surface area contributed by atoms with Gasteiger partial charge in [-0.1, -0.05) is 12.8 Å². The Hall–Kier alpha value is -0.610. The van der Waals surface area contributed by atoms with Gasteiger partial charge >= 0.3 is 0 Å². The number of fused-ring (bicyclic) bond motifs is 1. The van der Waals surface area contributed by atoms with E-state index in [0.29, 0.717) is 18.6 Å². The predicted octanol–water partition coefficient (Wildman–Crippen LogP) is 0.363. The lowest BCUT2D eigenvalue weighted by Gasteiger charge is -2.37. The highest BCUT2D eigenvalue weighted by Gasteiger charge is 2.34. The zero-order valence-electron chi connectivity index (χ0n) is 9.15. The molecule has 2 aliphatic rings. The average Bonchev–Trinajstić information content (AvgIpc) is 2.50. The Bertz CT molecular complexity index is 233. The van der Waals surface area contributed by atoms with Crippen molar-refractivity contribution in [2.24, 2.45) is 11.7 Å². The second-order valence-corrected chi connectivity index (χ2v) is 4.48.